The largest absolute Gasteiger partial charge is 0.438 e. The number of amides is 1. The second kappa shape index (κ2) is 7.36. The minimum atomic E-state index is -0.353. The van der Waals surface area contributed by atoms with Crippen molar-refractivity contribution in [3.8, 4) is 0 Å². The molecule has 2 saturated heterocycles. The van der Waals surface area contributed by atoms with Crippen LogP contribution in [-0.4, -0.2) is 57.0 Å². The number of oxazole rings is 1. The molecule has 8 nitrogen and oxygen atoms in total. The van der Waals surface area contributed by atoms with Gasteiger partial charge in [0.05, 0.1) is 11.1 Å². The fourth-order valence-electron chi connectivity index (χ4n) is 4.97. The summed E-state index contributed by atoms with van der Waals surface area (Å²) < 4.78 is 10.7. The zero-order valence-corrected chi connectivity index (χ0v) is 17.2. The van der Waals surface area contributed by atoms with E-state index in [4.69, 9.17) is 8.94 Å². The molecule has 156 valence electrons. The maximum absolute atomic E-state index is 13.1. The molecule has 2 fully saturated rings. The quantitative estimate of drug-likeness (QED) is 0.657. The lowest BCUT2D eigenvalue weighted by molar-refractivity contribution is 0.0542. The van der Waals surface area contributed by atoms with Crippen molar-refractivity contribution in [3.63, 3.8) is 0 Å². The van der Waals surface area contributed by atoms with E-state index >= 15 is 0 Å². The highest BCUT2D eigenvalue weighted by atomic mass is 16.5. The van der Waals surface area contributed by atoms with E-state index < -0.39 is 0 Å². The predicted octanol–water partition coefficient (Wildman–Crippen LogP) is 2.59. The fraction of sp³-hybridized carbons (Fsp3) is 0.455. The van der Waals surface area contributed by atoms with E-state index in [9.17, 15) is 4.79 Å². The normalized spacial score (nSPS) is 24.2. The minimum absolute atomic E-state index is 0.121. The van der Waals surface area contributed by atoms with Crippen molar-refractivity contribution in [2.24, 2.45) is 5.92 Å². The molecule has 2 atom stereocenters. The Kier molecular flexibility index (Phi) is 4.66. The molecule has 0 saturated carbocycles. The topological polar surface area (TPSA) is 88.5 Å². The van der Waals surface area contributed by atoms with E-state index in [0.29, 0.717) is 42.2 Å². The van der Waals surface area contributed by atoms with Crippen LogP contribution in [0.4, 0.5) is 0 Å². The molecular weight excluding hydrogens is 382 g/mol. The van der Waals surface area contributed by atoms with Gasteiger partial charge < -0.3 is 13.8 Å². The number of aromatic nitrogens is 3. The number of benzene rings is 1. The lowest BCUT2D eigenvalue weighted by atomic mass is 9.72. The molecule has 0 spiro atoms. The van der Waals surface area contributed by atoms with Crippen LogP contribution in [0.15, 0.2) is 45.7 Å². The van der Waals surface area contributed by atoms with Gasteiger partial charge in [0.2, 0.25) is 11.7 Å². The van der Waals surface area contributed by atoms with Gasteiger partial charge in [-0.05, 0) is 24.8 Å². The van der Waals surface area contributed by atoms with Gasteiger partial charge in [0, 0.05) is 39.6 Å². The van der Waals surface area contributed by atoms with Gasteiger partial charge in [0.15, 0.2) is 12.2 Å². The Morgan fingerprint density at radius 2 is 2.07 bits per heavy atom. The SMILES string of the molecule is Cc1nc([C@@]23CN(Cc4ccccc4)C[C@@H]2CCN(C(=O)c2ocnc2C)C3)no1. The third-order valence-corrected chi connectivity index (χ3v) is 6.44. The van der Waals surface area contributed by atoms with Crippen LogP contribution in [0.3, 0.4) is 0 Å². The summed E-state index contributed by atoms with van der Waals surface area (Å²) in [5, 5.41) is 4.30. The number of nitrogens with zero attached hydrogens (tertiary/aromatic N) is 5. The Morgan fingerprint density at radius 3 is 2.77 bits per heavy atom. The van der Waals surface area contributed by atoms with Crippen LogP contribution in [0, 0.1) is 19.8 Å². The number of carbonyl (C=O) groups excluding carboxylic acids is 1. The van der Waals surface area contributed by atoms with Gasteiger partial charge in [-0.3, -0.25) is 9.69 Å². The van der Waals surface area contributed by atoms with E-state index in [0.717, 1.165) is 26.1 Å². The molecule has 0 N–H and O–H groups in total. The second-order valence-electron chi connectivity index (χ2n) is 8.43. The first kappa shape index (κ1) is 19.0. The summed E-state index contributed by atoms with van der Waals surface area (Å²) in [7, 11) is 0. The van der Waals surface area contributed by atoms with Crippen LogP contribution in [-0.2, 0) is 12.0 Å². The summed E-state index contributed by atoms with van der Waals surface area (Å²) >= 11 is 0. The summed E-state index contributed by atoms with van der Waals surface area (Å²) in [6.07, 6.45) is 2.21. The van der Waals surface area contributed by atoms with Gasteiger partial charge >= 0.3 is 0 Å². The van der Waals surface area contributed by atoms with Gasteiger partial charge in [-0.25, -0.2) is 4.98 Å². The Hall–Kier alpha value is -3.00. The summed E-state index contributed by atoms with van der Waals surface area (Å²) in [4.78, 5) is 26.1. The summed E-state index contributed by atoms with van der Waals surface area (Å²) in [5.41, 5.74) is 1.54. The smallest absolute Gasteiger partial charge is 0.291 e. The summed E-state index contributed by atoms with van der Waals surface area (Å²) in [6.45, 7) is 7.42. The second-order valence-corrected chi connectivity index (χ2v) is 8.43. The standard InChI is InChI=1S/C22H25N5O3/c1-15-19(29-14-23-15)20(28)27-9-8-18-11-26(10-17-6-4-3-5-7-17)12-22(18,13-27)21-24-16(2)30-25-21/h3-7,14,18H,8-13H2,1-2H3/t18-,22+/m0/s1. The van der Waals surface area contributed by atoms with Crippen LogP contribution >= 0.6 is 0 Å². The highest BCUT2D eigenvalue weighted by molar-refractivity contribution is 5.92. The number of carbonyl (C=O) groups is 1. The van der Waals surface area contributed by atoms with Gasteiger partial charge in [0.1, 0.15) is 0 Å². The first-order chi connectivity index (χ1) is 14.5. The van der Waals surface area contributed by atoms with E-state index in [2.05, 4.69) is 44.3 Å². The third-order valence-electron chi connectivity index (χ3n) is 6.44. The first-order valence-electron chi connectivity index (χ1n) is 10.3. The molecule has 0 aliphatic carbocycles. The molecule has 0 bridgehead atoms. The Bertz CT molecular complexity index is 1050. The van der Waals surface area contributed by atoms with Crippen molar-refractivity contribution in [3.05, 3.63) is 65.5 Å². The van der Waals surface area contributed by atoms with Gasteiger partial charge in [-0.2, -0.15) is 4.98 Å². The molecule has 3 aromatic rings. The molecule has 2 aliphatic rings. The highest BCUT2D eigenvalue weighted by Gasteiger charge is 2.54. The maximum atomic E-state index is 13.1. The van der Waals surface area contributed by atoms with Crippen LogP contribution < -0.4 is 0 Å². The van der Waals surface area contributed by atoms with Crippen molar-refractivity contribution in [2.45, 2.75) is 32.2 Å². The highest BCUT2D eigenvalue weighted by Crippen LogP contribution is 2.44. The average Bonchev–Trinajstić information content (AvgIpc) is 3.46. The molecule has 0 radical (unpaired) electrons. The molecule has 0 unspecified atom stereocenters. The Morgan fingerprint density at radius 1 is 1.23 bits per heavy atom. The van der Waals surface area contributed by atoms with Gasteiger partial charge in [0.25, 0.3) is 5.91 Å². The van der Waals surface area contributed by atoms with E-state index in [1.807, 2.05) is 17.9 Å². The molecular formula is C22H25N5O3. The molecule has 4 heterocycles. The maximum Gasteiger partial charge on any atom is 0.291 e. The van der Waals surface area contributed by atoms with E-state index in [-0.39, 0.29) is 11.3 Å². The van der Waals surface area contributed by atoms with Crippen molar-refractivity contribution in [1.29, 1.82) is 0 Å². The van der Waals surface area contributed by atoms with Gasteiger partial charge in [-0.1, -0.05) is 35.5 Å². The minimum Gasteiger partial charge on any atom is -0.438 e. The lowest BCUT2D eigenvalue weighted by Crippen LogP contribution is -2.54. The third kappa shape index (κ3) is 3.21. The molecule has 2 aromatic heterocycles. The monoisotopic (exact) mass is 407 g/mol. The van der Waals surface area contributed by atoms with Crippen LogP contribution in [0.2, 0.25) is 0 Å². The first-order valence-corrected chi connectivity index (χ1v) is 10.3. The van der Waals surface area contributed by atoms with E-state index in [1.54, 1.807) is 6.92 Å². The number of fused-ring (bicyclic) bond motifs is 1. The van der Waals surface area contributed by atoms with Crippen molar-refractivity contribution in [1.82, 2.24) is 24.9 Å². The molecule has 1 amide bonds. The van der Waals surface area contributed by atoms with Crippen LogP contribution in [0.5, 0.6) is 0 Å². The molecule has 8 heteroatoms. The molecule has 2 aliphatic heterocycles. The predicted molar refractivity (Wildman–Crippen MR) is 108 cm³/mol. The fourth-order valence-corrected chi connectivity index (χ4v) is 4.97. The van der Waals surface area contributed by atoms with Crippen molar-refractivity contribution >= 4 is 5.91 Å². The van der Waals surface area contributed by atoms with Crippen molar-refractivity contribution < 1.29 is 13.7 Å². The average molecular weight is 407 g/mol. The zero-order valence-electron chi connectivity index (χ0n) is 17.2. The number of hydrogen-bond acceptors (Lipinski definition) is 7. The summed E-state index contributed by atoms with van der Waals surface area (Å²) in [6, 6.07) is 10.5. The summed E-state index contributed by atoms with van der Waals surface area (Å²) in [5.74, 6) is 1.80. The number of hydrogen-bond donors (Lipinski definition) is 0. The number of rotatable bonds is 4. The van der Waals surface area contributed by atoms with Crippen LogP contribution in [0.25, 0.3) is 0 Å². The van der Waals surface area contributed by atoms with Crippen LogP contribution in [0.1, 0.15) is 39.9 Å². The zero-order chi connectivity index (χ0) is 20.7. The molecule has 30 heavy (non-hydrogen) atoms. The Balaban J connectivity index is 1.44. The molecule has 1 aromatic carbocycles. The van der Waals surface area contributed by atoms with Gasteiger partial charge in [-0.15, -0.1) is 0 Å². The van der Waals surface area contributed by atoms with Crippen molar-refractivity contribution in [2.75, 3.05) is 26.2 Å². The Labute approximate surface area is 174 Å². The van der Waals surface area contributed by atoms with E-state index in [1.165, 1.54) is 12.0 Å². The number of piperidine rings is 1. The lowest BCUT2D eigenvalue weighted by Gasteiger charge is -2.42. The number of aryl methyl sites for hydroxylation is 2. The number of likely N-dealkylation sites (tertiary alicyclic amines) is 2. The molecule has 5 rings (SSSR count).